The van der Waals surface area contributed by atoms with Crippen molar-refractivity contribution in [3.8, 4) is 51.6 Å². The van der Waals surface area contributed by atoms with Crippen molar-refractivity contribution in [3.05, 3.63) is 285 Å². The molecule has 6 atom stereocenters. The van der Waals surface area contributed by atoms with Gasteiger partial charge in [0, 0.05) is 221 Å². The molecule has 628 valence electrons. The summed E-state index contributed by atoms with van der Waals surface area (Å²) in [4.78, 5) is 71.8. The van der Waals surface area contributed by atoms with Gasteiger partial charge in [0.2, 0.25) is 0 Å². The summed E-state index contributed by atoms with van der Waals surface area (Å²) in [6.07, 6.45) is 25.0. The summed E-state index contributed by atoms with van der Waals surface area (Å²) >= 11 is 0. The highest BCUT2D eigenvalue weighted by molar-refractivity contribution is 5.60. The summed E-state index contributed by atoms with van der Waals surface area (Å²) in [6, 6.07) is 42.4. The van der Waals surface area contributed by atoms with E-state index in [1.54, 1.807) is 6.92 Å². The summed E-state index contributed by atoms with van der Waals surface area (Å²) in [5.74, 6) is 7.80. The maximum Gasteiger partial charge on any atom is 0.164 e. The molecule has 31 heteroatoms. The lowest BCUT2D eigenvalue weighted by Gasteiger charge is -2.56. The Labute approximate surface area is 718 Å². The lowest BCUT2D eigenvalue weighted by Crippen LogP contribution is -2.68. The highest BCUT2D eigenvalue weighted by Crippen LogP contribution is 2.41. The van der Waals surface area contributed by atoms with E-state index in [1.807, 2.05) is 138 Å². The Balaban J connectivity index is 0.000000118. The monoisotopic (exact) mass is 1650 g/mol. The molecule has 1 aliphatic carbocycles. The van der Waals surface area contributed by atoms with Gasteiger partial charge in [-0.05, 0) is 214 Å². The van der Waals surface area contributed by atoms with Crippen molar-refractivity contribution in [3.63, 3.8) is 0 Å². The predicted molar refractivity (Wildman–Crippen MR) is 468 cm³/mol. The molecule has 124 heavy (non-hydrogen) atoms. The average molecular weight is 1660 g/mol. The van der Waals surface area contributed by atoms with Crippen LogP contribution in [0.2, 0.25) is 0 Å². The molecule has 0 spiro atoms. The molecule has 25 rings (SSSR count). The third-order valence-electron chi connectivity index (χ3n) is 25.0. The van der Waals surface area contributed by atoms with Crippen molar-refractivity contribution in [2.24, 2.45) is 0 Å². The Kier molecular flexibility index (Phi) is 21.3. The van der Waals surface area contributed by atoms with E-state index < -0.39 is 0 Å². The number of hydrogen-bond acceptors (Lipinski definition) is 24. The minimum absolute atomic E-state index is 0.327. The molecule has 0 aromatic carbocycles. The SMILES string of the molecule is Cc1cc(Cc2cc(C)[nH]n2)nc(-c2ccc(N3CC4CC(C3)N4Cc3ccc(-n4cc(C)c(C)n4)nc3)nc2)n1.Cc1cc(Cc2cc(C)[nH]n2)nc(-c2ccc(N3CC4CC(C3)N4Cc3ccc(-n4ccc(C5CC5)n4)nc3)nc2)n1.Cc1cc(Cc2cc(C)[nH]n2)nc(-c2ccc(N3CC4CC(C3)N4Cc3ccc(-n4ncc(F)c4C)nc3)nc2)n1. The maximum atomic E-state index is 13.7. The number of nitrogens with one attached hydrogen (secondary N) is 3. The zero-order valence-electron chi connectivity index (χ0n) is 71.2. The van der Waals surface area contributed by atoms with E-state index in [-0.39, 0.29) is 5.82 Å². The van der Waals surface area contributed by atoms with Crippen molar-refractivity contribution in [2.75, 3.05) is 54.0 Å². The van der Waals surface area contributed by atoms with Gasteiger partial charge in [-0.1, -0.05) is 18.2 Å². The molecule has 3 N–H and O–H groups in total. The molecule has 10 fully saturated rings. The van der Waals surface area contributed by atoms with Gasteiger partial charge in [-0.2, -0.15) is 30.6 Å². The number of aromatic amines is 3. The van der Waals surface area contributed by atoms with Crippen molar-refractivity contribution in [1.29, 1.82) is 0 Å². The largest absolute Gasteiger partial charge is 0.353 e. The third kappa shape index (κ3) is 17.2. The van der Waals surface area contributed by atoms with Gasteiger partial charge in [0.25, 0.3) is 0 Å². The molecule has 9 saturated heterocycles. The fraction of sp³-hybridized carbons (Fsp3) is 0.355. The van der Waals surface area contributed by atoms with Crippen LogP contribution in [0.1, 0.15) is 146 Å². The lowest BCUT2D eigenvalue weighted by molar-refractivity contribution is -0.00877. The Morgan fingerprint density at radius 2 is 0.742 bits per heavy atom. The van der Waals surface area contributed by atoms with Crippen molar-refractivity contribution in [2.45, 2.75) is 175 Å². The van der Waals surface area contributed by atoms with E-state index in [9.17, 15) is 4.39 Å². The smallest absolute Gasteiger partial charge is 0.164 e. The lowest BCUT2D eigenvalue weighted by atomic mass is 9.87. The minimum atomic E-state index is -0.327. The molecule has 0 radical (unpaired) electrons. The Morgan fingerprint density at radius 1 is 0.371 bits per heavy atom. The van der Waals surface area contributed by atoms with Crippen LogP contribution in [0.3, 0.4) is 0 Å². The van der Waals surface area contributed by atoms with Gasteiger partial charge in [0.1, 0.15) is 17.5 Å². The average Bonchev–Trinajstić information content (AvgIpc) is 0.865. The number of piperazine rings is 3. The summed E-state index contributed by atoms with van der Waals surface area (Å²) in [5, 5.41) is 35.4. The maximum absolute atomic E-state index is 13.7. The van der Waals surface area contributed by atoms with Gasteiger partial charge in [0.15, 0.2) is 40.7 Å². The number of rotatable bonds is 22. The normalized spacial score (nSPS) is 19.0. The highest BCUT2D eigenvalue weighted by atomic mass is 19.1. The first kappa shape index (κ1) is 79.1. The molecule has 6 unspecified atom stereocenters. The molecule has 15 aromatic rings. The number of hydrogen-bond donors (Lipinski definition) is 3. The minimum Gasteiger partial charge on any atom is -0.353 e. The number of nitrogens with zero attached hydrogens (tertiary/aromatic N) is 27. The van der Waals surface area contributed by atoms with Crippen LogP contribution in [0.5, 0.6) is 0 Å². The highest BCUT2D eigenvalue weighted by Gasteiger charge is 2.47. The van der Waals surface area contributed by atoms with Crippen molar-refractivity contribution >= 4 is 17.5 Å². The first-order chi connectivity index (χ1) is 60.3. The Morgan fingerprint density at radius 3 is 1.06 bits per heavy atom. The summed E-state index contributed by atoms with van der Waals surface area (Å²) in [6.45, 7) is 26.3. The first-order valence-electron chi connectivity index (χ1n) is 42.9. The fourth-order valence-corrected chi connectivity index (χ4v) is 18.2. The van der Waals surface area contributed by atoms with Crippen LogP contribution in [0.4, 0.5) is 21.8 Å². The number of pyridine rings is 6. The van der Waals surface area contributed by atoms with E-state index in [4.69, 9.17) is 40.0 Å². The molecule has 24 heterocycles. The van der Waals surface area contributed by atoms with Crippen LogP contribution in [0.15, 0.2) is 171 Å². The van der Waals surface area contributed by atoms with E-state index in [0.717, 1.165) is 184 Å². The molecule has 30 nitrogen and oxygen atoms in total. The molecule has 10 aliphatic rings. The second-order valence-electron chi connectivity index (χ2n) is 34.6. The molecular weight excluding hydrogens is 1560 g/mol. The molecule has 1 saturated carbocycles. The van der Waals surface area contributed by atoms with E-state index in [0.29, 0.717) is 90.4 Å². The second-order valence-corrected chi connectivity index (χ2v) is 34.6. The zero-order valence-corrected chi connectivity index (χ0v) is 71.2. The van der Waals surface area contributed by atoms with Crippen LogP contribution in [-0.4, -0.2) is 210 Å². The van der Waals surface area contributed by atoms with E-state index in [1.165, 1.54) is 65.4 Å². The van der Waals surface area contributed by atoms with Gasteiger partial charge in [-0.15, -0.1) is 0 Å². The van der Waals surface area contributed by atoms with Gasteiger partial charge in [-0.25, -0.2) is 78.2 Å². The molecule has 9 aliphatic heterocycles. The van der Waals surface area contributed by atoms with Crippen LogP contribution in [0, 0.1) is 68.1 Å². The van der Waals surface area contributed by atoms with E-state index >= 15 is 0 Å². The number of H-pyrrole nitrogens is 3. The quantitative estimate of drug-likeness (QED) is 0.0567. The number of aromatic nitrogens is 24. The topological polar surface area (TPSA) is 314 Å². The van der Waals surface area contributed by atoms with Gasteiger partial charge < -0.3 is 14.7 Å². The number of halogens is 1. The fourth-order valence-electron chi connectivity index (χ4n) is 18.2. The Hall–Kier alpha value is -13.4. The number of aryl methyl sites for hydroxylation is 8. The molecule has 0 amide bonds. The summed E-state index contributed by atoms with van der Waals surface area (Å²) in [5.41, 5.74) is 22.0. The summed E-state index contributed by atoms with van der Waals surface area (Å²) in [7, 11) is 0. The van der Waals surface area contributed by atoms with Crippen molar-refractivity contribution in [1.82, 2.24) is 134 Å². The summed E-state index contributed by atoms with van der Waals surface area (Å²) < 4.78 is 19.0. The molecular formula is C93H99FN30. The first-order valence-corrected chi connectivity index (χ1v) is 42.9. The van der Waals surface area contributed by atoms with Crippen LogP contribution < -0.4 is 14.7 Å². The van der Waals surface area contributed by atoms with Crippen molar-refractivity contribution < 1.29 is 4.39 Å². The number of fused-ring (bicyclic) bond motifs is 6. The zero-order chi connectivity index (χ0) is 84.4. The van der Waals surface area contributed by atoms with Crippen LogP contribution >= 0.6 is 0 Å². The van der Waals surface area contributed by atoms with Gasteiger partial charge in [-0.3, -0.25) is 30.0 Å². The molecule has 6 bridgehead atoms. The second kappa shape index (κ2) is 33.4. The third-order valence-corrected chi connectivity index (χ3v) is 25.0. The van der Waals surface area contributed by atoms with Crippen LogP contribution in [0.25, 0.3) is 51.6 Å². The van der Waals surface area contributed by atoms with Gasteiger partial charge >= 0.3 is 0 Å². The van der Waals surface area contributed by atoms with E-state index in [2.05, 4.69) is 187 Å². The van der Waals surface area contributed by atoms with Crippen LogP contribution in [-0.2, 0) is 38.9 Å². The standard InChI is InChI=1S/C32H34N10.C31H34N10.C30H31FN10/c1-20-11-25(13-26-12-21(2)37-38-26)36-32(35-20)24-6-8-30(34-16-24)40-18-27-14-28(19-40)41(27)17-22-3-7-31(33-15-22)42-10-9-29(39-42)23-4-5-23;1-19-15-41(38-22(19)4)30-7-5-23(13-32-30)16-40-27-12-28(40)18-39(17-27)29-8-6-24(14-33-29)31-34-20(2)9-25(35-31)11-26-10-21(3)36-37-26;1-18-8-23(10-24-9-19(2)37-38-24)36-30(35-18)22-5-7-28(33-13-22)39-16-25-11-26(17-39)40(25)15-21-4-6-29(32-12-21)41-20(3)27(31)14-34-41/h3,6-12,15-16,23,27-28H,4-5,13-14,17-19H2,1-2H3,(H,37,38);5-10,13-15,27-28H,11-12,16-18H2,1-4H3,(H,36,37);4-9,12-14,25-26H,10-11,15-17H2,1-3H3,(H,37,38). The predicted octanol–water partition coefficient (Wildman–Crippen LogP) is 12.5. The number of piperidine rings is 3. The molecule has 15 aromatic heterocycles. The van der Waals surface area contributed by atoms with Gasteiger partial charge in [0.05, 0.1) is 57.4 Å². The number of anilines is 3. The Bertz CT molecular complexity index is 6250.